The number of nitrogens with zero attached hydrogens (tertiary/aromatic N) is 2. The van der Waals surface area contributed by atoms with E-state index in [9.17, 15) is 9.59 Å². The minimum absolute atomic E-state index is 0.0628. The van der Waals surface area contributed by atoms with E-state index < -0.39 is 0 Å². The fraction of sp³-hybridized carbons (Fsp3) is 0.500. The zero-order chi connectivity index (χ0) is 18.8. The molecule has 1 aliphatic carbocycles. The normalized spacial score (nSPS) is 20.0. The van der Waals surface area contributed by atoms with Crippen LogP contribution < -0.4 is 0 Å². The van der Waals surface area contributed by atoms with Gasteiger partial charge in [0.05, 0.1) is 21.8 Å². The lowest BCUT2D eigenvalue weighted by atomic mass is 9.88. The summed E-state index contributed by atoms with van der Waals surface area (Å²) in [6.07, 6.45) is 4.08. The molecule has 0 N–H and O–H groups in total. The maximum absolute atomic E-state index is 12.9. The Bertz CT molecular complexity index is 729. The number of thiophene rings is 2. The first-order chi connectivity index (χ1) is 12.4. The Labute approximate surface area is 163 Å². The van der Waals surface area contributed by atoms with E-state index in [4.69, 9.17) is 0 Å². The fourth-order valence-electron chi connectivity index (χ4n) is 3.74. The van der Waals surface area contributed by atoms with Gasteiger partial charge in [0, 0.05) is 23.8 Å². The molecule has 6 heteroatoms. The van der Waals surface area contributed by atoms with Crippen molar-refractivity contribution >= 4 is 34.5 Å². The number of hydrogen-bond donors (Lipinski definition) is 0. The summed E-state index contributed by atoms with van der Waals surface area (Å²) in [6.45, 7) is 4.03. The summed E-state index contributed by atoms with van der Waals surface area (Å²) in [6, 6.07) is 7.90. The maximum Gasteiger partial charge on any atom is 0.263 e. The first-order valence-electron chi connectivity index (χ1n) is 9.05. The molecule has 2 amide bonds. The Morgan fingerprint density at radius 3 is 1.50 bits per heavy atom. The van der Waals surface area contributed by atoms with Crippen molar-refractivity contribution in [3.63, 3.8) is 0 Å². The standard InChI is InChI=1S/C20H26N2O2S2/c1-13-9-11-17(25-13)19(23)21(3)15-7-5-6-8-16(15)22(4)20(24)18-12-10-14(2)26-18/h9-12,15-16H,5-8H2,1-4H3/t15-,16+. The van der Waals surface area contributed by atoms with Gasteiger partial charge in [0.25, 0.3) is 11.8 Å². The molecule has 1 aliphatic rings. The molecule has 3 rings (SSSR count). The number of carbonyl (C=O) groups is 2. The number of rotatable bonds is 4. The van der Waals surface area contributed by atoms with Gasteiger partial charge in [-0.15, -0.1) is 22.7 Å². The van der Waals surface area contributed by atoms with Crippen LogP contribution in [0.3, 0.4) is 0 Å². The second-order valence-corrected chi connectivity index (χ2v) is 9.65. The zero-order valence-electron chi connectivity index (χ0n) is 15.8. The van der Waals surface area contributed by atoms with Gasteiger partial charge in [-0.25, -0.2) is 0 Å². The number of carbonyl (C=O) groups excluding carboxylic acids is 2. The Morgan fingerprint density at radius 1 is 0.808 bits per heavy atom. The van der Waals surface area contributed by atoms with Crippen molar-refractivity contribution in [3.05, 3.63) is 43.8 Å². The second kappa shape index (κ2) is 7.92. The summed E-state index contributed by atoms with van der Waals surface area (Å²) >= 11 is 3.07. The van der Waals surface area contributed by atoms with E-state index in [0.717, 1.165) is 45.2 Å². The van der Waals surface area contributed by atoms with Crippen LogP contribution in [0.25, 0.3) is 0 Å². The summed E-state index contributed by atoms with van der Waals surface area (Å²) in [4.78, 5) is 33.4. The van der Waals surface area contributed by atoms with Gasteiger partial charge in [0.15, 0.2) is 0 Å². The summed E-state index contributed by atoms with van der Waals surface area (Å²) in [5.74, 6) is 0.126. The van der Waals surface area contributed by atoms with Crippen molar-refractivity contribution in [2.24, 2.45) is 0 Å². The first kappa shape index (κ1) is 19.1. The molecule has 4 nitrogen and oxygen atoms in total. The minimum Gasteiger partial charge on any atom is -0.336 e. The topological polar surface area (TPSA) is 40.6 Å². The van der Waals surface area contributed by atoms with Crippen molar-refractivity contribution in [3.8, 4) is 0 Å². The molecule has 2 aromatic heterocycles. The van der Waals surface area contributed by atoms with E-state index in [1.807, 2.05) is 62.0 Å². The lowest BCUT2D eigenvalue weighted by Crippen LogP contribution is -2.54. The van der Waals surface area contributed by atoms with E-state index in [1.165, 1.54) is 22.7 Å². The molecule has 0 aliphatic heterocycles. The Morgan fingerprint density at radius 2 is 1.19 bits per heavy atom. The Hall–Kier alpha value is -1.66. The minimum atomic E-state index is 0.0628. The van der Waals surface area contributed by atoms with E-state index in [1.54, 1.807) is 0 Å². The quantitative estimate of drug-likeness (QED) is 0.766. The zero-order valence-corrected chi connectivity index (χ0v) is 17.5. The molecule has 0 unspecified atom stereocenters. The molecule has 0 bridgehead atoms. The van der Waals surface area contributed by atoms with Crippen molar-refractivity contribution in [2.45, 2.75) is 51.6 Å². The third kappa shape index (κ3) is 3.86. The highest BCUT2D eigenvalue weighted by Crippen LogP contribution is 2.29. The van der Waals surface area contributed by atoms with Crippen molar-refractivity contribution in [2.75, 3.05) is 14.1 Å². The van der Waals surface area contributed by atoms with E-state index in [0.29, 0.717) is 0 Å². The predicted molar refractivity (Wildman–Crippen MR) is 108 cm³/mol. The average Bonchev–Trinajstić information content (AvgIpc) is 3.27. The summed E-state index contributed by atoms with van der Waals surface area (Å²) in [7, 11) is 3.77. The van der Waals surface area contributed by atoms with Gasteiger partial charge in [0.1, 0.15) is 0 Å². The number of hydrogen-bond acceptors (Lipinski definition) is 4. The molecule has 2 aromatic rings. The van der Waals surface area contributed by atoms with Gasteiger partial charge in [-0.1, -0.05) is 12.8 Å². The van der Waals surface area contributed by atoms with Gasteiger partial charge in [-0.3, -0.25) is 9.59 Å². The fourth-order valence-corrected chi connectivity index (χ4v) is 5.44. The SMILES string of the molecule is Cc1ccc(C(=O)N(C)[C@@H]2CCCC[C@@H]2N(C)C(=O)c2ccc(C)s2)s1. The molecule has 2 atom stereocenters. The number of amides is 2. The molecule has 1 saturated carbocycles. The highest BCUT2D eigenvalue weighted by molar-refractivity contribution is 7.14. The lowest BCUT2D eigenvalue weighted by Gasteiger charge is -2.42. The second-order valence-electron chi connectivity index (χ2n) is 7.07. The summed E-state index contributed by atoms with van der Waals surface area (Å²) < 4.78 is 0. The molecule has 26 heavy (non-hydrogen) atoms. The molecule has 0 saturated heterocycles. The van der Waals surface area contributed by atoms with Crippen LogP contribution in [-0.2, 0) is 0 Å². The molecule has 2 heterocycles. The molecular formula is C20H26N2O2S2. The van der Waals surface area contributed by atoms with Crippen LogP contribution in [0, 0.1) is 13.8 Å². The molecule has 0 spiro atoms. The lowest BCUT2D eigenvalue weighted by molar-refractivity contribution is 0.0426. The monoisotopic (exact) mass is 390 g/mol. The average molecular weight is 391 g/mol. The van der Waals surface area contributed by atoms with Crippen LogP contribution in [0.5, 0.6) is 0 Å². The van der Waals surface area contributed by atoms with Crippen LogP contribution in [-0.4, -0.2) is 47.8 Å². The third-order valence-corrected chi connectivity index (χ3v) is 7.21. The Kier molecular flexibility index (Phi) is 5.82. The maximum atomic E-state index is 12.9. The van der Waals surface area contributed by atoms with Crippen LogP contribution in [0.1, 0.15) is 54.8 Å². The van der Waals surface area contributed by atoms with Crippen LogP contribution in [0.15, 0.2) is 24.3 Å². The van der Waals surface area contributed by atoms with E-state index in [-0.39, 0.29) is 23.9 Å². The number of aryl methyl sites for hydroxylation is 2. The molecule has 0 radical (unpaired) electrons. The molecule has 1 fully saturated rings. The highest BCUT2D eigenvalue weighted by Gasteiger charge is 2.36. The van der Waals surface area contributed by atoms with E-state index in [2.05, 4.69) is 0 Å². The molecular weight excluding hydrogens is 364 g/mol. The Balaban J connectivity index is 1.78. The van der Waals surface area contributed by atoms with Gasteiger partial charge in [-0.2, -0.15) is 0 Å². The van der Waals surface area contributed by atoms with Crippen molar-refractivity contribution < 1.29 is 9.59 Å². The van der Waals surface area contributed by atoms with Gasteiger partial charge in [-0.05, 0) is 51.0 Å². The summed E-state index contributed by atoms with van der Waals surface area (Å²) in [5, 5.41) is 0. The van der Waals surface area contributed by atoms with Crippen LogP contribution in [0.4, 0.5) is 0 Å². The van der Waals surface area contributed by atoms with Crippen LogP contribution >= 0.6 is 22.7 Å². The van der Waals surface area contributed by atoms with Crippen molar-refractivity contribution in [1.29, 1.82) is 0 Å². The largest absolute Gasteiger partial charge is 0.336 e. The van der Waals surface area contributed by atoms with Crippen LogP contribution in [0.2, 0.25) is 0 Å². The van der Waals surface area contributed by atoms with E-state index >= 15 is 0 Å². The first-order valence-corrected chi connectivity index (χ1v) is 10.7. The van der Waals surface area contributed by atoms with Crippen molar-refractivity contribution in [1.82, 2.24) is 9.80 Å². The highest BCUT2D eigenvalue weighted by atomic mass is 32.1. The third-order valence-electron chi connectivity index (χ3n) is 5.23. The number of likely N-dealkylation sites (N-methyl/N-ethyl adjacent to an activating group) is 2. The smallest absolute Gasteiger partial charge is 0.263 e. The van der Waals surface area contributed by atoms with Gasteiger partial charge >= 0.3 is 0 Å². The summed E-state index contributed by atoms with van der Waals surface area (Å²) in [5.41, 5.74) is 0. The molecule has 140 valence electrons. The predicted octanol–water partition coefficient (Wildman–Crippen LogP) is 4.58. The van der Waals surface area contributed by atoms with Gasteiger partial charge in [0.2, 0.25) is 0 Å². The van der Waals surface area contributed by atoms with Gasteiger partial charge < -0.3 is 9.80 Å². The molecule has 0 aromatic carbocycles.